The number of rotatable bonds is 6. The van der Waals surface area contributed by atoms with Crippen LogP contribution >= 0.6 is 11.3 Å². The van der Waals surface area contributed by atoms with E-state index in [-0.39, 0.29) is 6.54 Å². The lowest BCUT2D eigenvalue weighted by molar-refractivity contribution is 0.392. The molecule has 0 amide bonds. The fourth-order valence-electron chi connectivity index (χ4n) is 1.86. The molecular weight excluding hydrogens is 298 g/mol. The van der Waals surface area contributed by atoms with E-state index >= 15 is 0 Å². The van der Waals surface area contributed by atoms with E-state index < -0.39 is 10.0 Å². The van der Waals surface area contributed by atoms with E-state index in [1.807, 2.05) is 0 Å². The standard InChI is InChI=1S/C12H17N3O3S2/c1-8-10(9(2)18-15-8)6-14-20(16,17)12-4-5-19-11(12)7-13-3/h4-5,13-14H,6-7H2,1-3H3. The van der Waals surface area contributed by atoms with Gasteiger partial charge in [-0.3, -0.25) is 0 Å². The average molecular weight is 315 g/mol. The second-order valence-corrected chi connectivity index (χ2v) is 7.10. The third-order valence-corrected chi connectivity index (χ3v) is 5.49. The van der Waals surface area contributed by atoms with Crippen molar-refractivity contribution in [3.8, 4) is 0 Å². The summed E-state index contributed by atoms with van der Waals surface area (Å²) >= 11 is 1.42. The third kappa shape index (κ3) is 3.09. The van der Waals surface area contributed by atoms with E-state index in [0.29, 0.717) is 22.9 Å². The fraction of sp³-hybridized carbons (Fsp3) is 0.417. The summed E-state index contributed by atoms with van der Waals surface area (Å²) in [7, 11) is -1.74. The van der Waals surface area contributed by atoms with Gasteiger partial charge in [0, 0.05) is 23.5 Å². The monoisotopic (exact) mass is 315 g/mol. The van der Waals surface area contributed by atoms with Gasteiger partial charge in [-0.05, 0) is 32.3 Å². The largest absolute Gasteiger partial charge is 0.361 e. The van der Waals surface area contributed by atoms with Crippen LogP contribution in [0.25, 0.3) is 0 Å². The highest BCUT2D eigenvalue weighted by Crippen LogP contribution is 2.22. The Morgan fingerprint density at radius 1 is 1.35 bits per heavy atom. The summed E-state index contributed by atoms with van der Waals surface area (Å²) in [4.78, 5) is 1.11. The van der Waals surface area contributed by atoms with Crippen LogP contribution in [0.2, 0.25) is 0 Å². The highest BCUT2D eigenvalue weighted by molar-refractivity contribution is 7.89. The van der Waals surface area contributed by atoms with Crippen molar-refractivity contribution in [1.29, 1.82) is 0 Å². The Morgan fingerprint density at radius 3 is 2.70 bits per heavy atom. The predicted molar refractivity (Wildman–Crippen MR) is 77.1 cm³/mol. The first-order valence-electron chi connectivity index (χ1n) is 6.08. The number of hydrogen-bond donors (Lipinski definition) is 2. The molecule has 0 saturated heterocycles. The second kappa shape index (κ2) is 6.04. The quantitative estimate of drug-likeness (QED) is 0.845. The van der Waals surface area contributed by atoms with Crippen molar-refractivity contribution in [2.45, 2.75) is 31.8 Å². The molecule has 2 N–H and O–H groups in total. The van der Waals surface area contributed by atoms with Gasteiger partial charge in [-0.2, -0.15) is 0 Å². The van der Waals surface area contributed by atoms with Gasteiger partial charge in [0.05, 0.1) is 10.6 Å². The normalized spacial score (nSPS) is 11.9. The van der Waals surface area contributed by atoms with Gasteiger partial charge in [-0.25, -0.2) is 13.1 Å². The van der Waals surface area contributed by atoms with Gasteiger partial charge in [-0.1, -0.05) is 5.16 Å². The minimum Gasteiger partial charge on any atom is -0.361 e. The highest BCUT2D eigenvalue weighted by atomic mass is 32.2. The van der Waals surface area contributed by atoms with E-state index in [9.17, 15) is 8.42 Å². The van der Waals surface area contributed by atoms with Crippen LogP contribution in [0.1, 0.15) is 21.9 Å². The highest BCUT2D eigenvalue weighted by Gasteiger charge is 2.20. The summed E-state index contributed by atoms with van der Waals surface area (Å²) in [5.41, 5.74) is 1.48. The van der Waals surface area contributed by atoms with Crippen LogP contribution in [0, 0.1) is 13.8 Å². The van der Waals surface area contributed by atoms with Gasteiger partial charge >= 0.3 is 0 Å². The zero-order valence-electron chi connectivity index (χ0n) is 11.6. The van der Waals surface area contributed by atoms with Crippen molar-refractivity contribution in [2.24, 2.45) is 0 Å². The molecule has 0 saturated carbocycles. The number of sulfonamides is 1. The minimum atomic E-state index is -3.53. The van der Waals surface area contributed by atoms with E-state index in [1.54, 1.807) is 32.3 Å². The van der Waals surface area contributed by atoms with Crippen LogP contribution < -0.4 is 10.0 Å². The molecule has 0 aliphatic heterocycles. The molecule has 0 bridgehead atoms. The fourth-order valence-corrected chi connectivity index (χ4v) is 4.31. The van der Waals surface area contributed by atoms with Gasteiger partial charge < -0.3 is 9.84 Å². The zero-order chi connectivity index (χ0) is 14.8. The lowest BCUT2D eigenvalue weighted by atomic mass is 10.2. The van der Waals surface area contributed by atoms with Crippen LogP contribution in [0.3, 0.4) is 0 Å². The number of thiophene rings is 1. The first kappa shape index (κ1) is 15.2. The summed E-state index contributed by atoms with van der Waals surface area (Å²) in [5, 5.41) is 8.55. The summed E-state index contributed by atoms with van der Waals surface area (Å²) in [6.07, 6.45) is 0. The molecule has 0 radical (unpaired) electrons. The molecule has 8 heteroatoms. The first-order chi connectivity index (χ1) is 9.45. The number of aromatic nitrogens is 1. The number of nitrogens with zero attached hydrogens (tertiary/aromatic N) is 1. The number of nitrogens with one attached hydrogen (secondary N) is 2. The first-order valence-corrected chi connectivity index (χ1v) is 8.44. The maximum absolute atomic E-state index is 12.3. The predicted octanol–water partition coefficient (Wildman–Crippen LogP) is 1.55. The molecule has 0 aromatic carbocycles. The van der Waals surface area contributed by atoms with Gasteiger partial charge in [0.25, 0.3) is 0 Å². The summed E-state index contributed by atoms with van der Waals surface area (Å²) in [5.74, 6) is 0.631. The van der Waals surface area contributed by atoms with Gasteiger partial charge in [0.1, 0.15) is 5.76 Å². The SMILES string of the molecule is CNCc1sccc1S(=O)(=O)NCc1c(C)noc1C. The number of aryl methyl sites for hydroxylation is 2. The van der Waals surface area contributed by atoms with Crippen molar-refractivity contribution in [3.05, 3.63) is 33.3 Å². The Balaban J connectivity index is 2.17. The summed E-state index contributed by atoms with van der Waals surface area (Å²) < 4.78 is 32.3. The van der Waals surface area contributed by atoms with Crippen molar-refractivity contribution < 1.29 is 12.9 Å². The molecule has 0 fully saturated rings. The maximum Gasteiger partial charge on any atom is 0.242 e. The topological polar surface area (TPSA) is 84.2 Å². The Morgan fingerprint density at radius 2 is 2.10 bits per heavy atom. The van der Waals surface area contributed by atoms with Crippen LogP contribution in [0.15, 0.2) is 20.9 Å². The Hall–Kier alpha value is -1.22. The van der Waals surface area contributed by atoms with Crippen molar-refractivity contribution in [3.63, 3.8) is 0 Å². The van der Waals surface area contributed by atoms with Crippen LogP contribution in [0.4, 0.5) is 0 Å². The van der Waals surface area contributed by atoms with Crippen molar-refractivity contribution in [1.82, 2.24) is 15.2 Å². The molecule has 2 aromatic heterocycles. The molecule has 0 aliphatic rings. The molecular formula is C12H17N3O3S2. The van der Waals surface area contributed by atoms with Crippen molar-refractivity contribution >= 4 is 21.4 Å². The molecule has 0 spiro atoms. The molecule has 110 valence electrons. The van der Waals surface area contributed by atoms with Crippen LogP contribution in [0.5, 0.6) is 0 Å². The van der Waals surface area contributed by atoms with Crippen LogP contribution in [-0.2, 0) is 23.1 Å². The van der Waals surface area contributed by atoms with Gasteiger partial charge in [-0.15, -0.1) is 11.3 Å². The number of hydrogen-bond acceptors (Lipinski definition) is 6. The minimum absolute atomic E-state index is 0.179. The third-order valence-electron chi connectivity index (χ3n) is 2.95. The Kier molecular flexibility index (Phi) is 4.59. The summed E-state index contributed by atoms with van der Waals surface area (Å²) in [6.45, 7) is 4.26. The Bertz CT molecular complexity index is 669. The molecule has 20 heavy (non-hydrogen) atoms. The molecule has 0 atom stereocenters. The van der Waals surface area contributed by atoms with E-state index in [0.717, 1.165) is 10.4 Å². The van der Waals surface area contributed by atoms with E-state index in [2.05, 4.69) is 15.2 Å². The van der Waals surface area contributed by atoms with Crippen LogP contribution in [-0.4, -0.2) is 20.6 Å². The van der Waals surface area contributed by atoms with E-state index in [1.165, 1.54) is 11.3 Å². The van der Waals surface area contributed by atoms with Crippen molar-refractivity contribution in [2.75, 3.05) is 7.05 Å². The molecule has 0 unspecified atom stereocenters. The molecule has 2 rings (SSSR count). The average Bonchev–Trinajstić information content (AvgIpc) is 2.96. The van der Waals surface area contributed by atoms with Gasteiger partial charge in [0.2, 0.25) is 10.0 Å². The smallest absolute Gasteiger partial charge is 0.242 e. The maximum atomic E-state index is 12.3. The zero-order valence-corrected chi connectivity index (χ0v) is 13.2. The molecule has 2 aromatic rings. The Labute approximate surface area is 122 Å². The van der Waals surface area contributed by atoms with Gasteiger partial charge in [0.15, 0.2) is 0 Å². The second-order valence-electron chi connectivity index (χ2n) is 4.37. The molecule has 0 aliphatic carbocycles. The lowest BCUT2D eigenvalue weighted by Crippen LogP contribution is -2.24. The van der Waals surface area contributed by atoms with E-state index in [4.69, 9.17) is 4.52 Å². The molecule has 2 heterocycles. The summed E-state index contributed by atoms with van der Waals surface area (Å²) in [6, 6.07) is 1.62. The molecule has 6 nitrogen and oxygen atoms in total. The lowest BCUT2D eigenvalue weighted by Gasteiger charge is -2.07.